The molecular formula is C25H31F2N7O2. The number of aromatic nitrogens is 4. The number of carbonyl (C=O) groups is 1. The molecule has 5 rings (SSSR count). The number of anilines is 1. The summed E-state index contributed by atoms with van der Waals surface area (Å²) >= 11 is 0. The number of methoxy groups -OCH3 is 1. The van der Waals surface area contributed by atoms with Crippen molar-refractivity contribution >= 4 is 22.9 Å². The Labute approximate surface area is 208 Å². The summed E-state index contributed by atoms with van der Waals surface area (Å²) in [4.78, 5) is 29.7. The number of benzene rings is 1. The summed E-state index contributed by atoms with van der Waals surface area (Å²) in [6.45, 7) is 2.49. The van der Waals surface area contributed by atoms with Crippen molar-refractivity contribution in [2.45, 2.75) is 43.9 Å². The molecule has 36 heavy (non-hydrogen) atoms. The molecule has 0 saturated carbocycles. The maximum absolute atomic E-state index is 15.8. The second-order valence-electron chi connectivity index (χ2n) is 9.51. The van der Waals surface area contributed by atoms with Gasteiger partial charge in [0.2, 0.25) is 5.95 Å². The molecule has 0 bridgehead atoms. The average Bonchev–Trinajstić information content (AvgIpc) is 3.30. The zero-order valence-electron chi connectivity index (χ0n) is 20.6. The zero-order chi connectivity index (χ0) is 25.3. The number of nitrogens with zero attached hydrogens (tertiary/aromatic N) is 6. The lowest BCUT2D eigenvalue weighted by molar-refractivity contribution is -0.148. The van der Waals surface area contributed by atoms with Crippen LogP contribution in [-0.4, -0.2) is 81.2 Å². The van der Waals surface area contributed by atoms with Gasteiger partial charge in [0.25, 0.3) is 11.9 Å². The molecule has 2 saturated heterocycles. The molecule has 3 aromatic rings. The van der Waals surface area contributed by atoms with Gasteiger partial charge in [-0.15, -0.1) is 0 Å². The fourth-order valence-electron chi connectivity index (χ4n) is 5.27. The Balaban J connectivity index is 1.19. The summed E-state index contributed by atoms with van der Waals surface area (Å²) < 4.78 is 37.3. The number of rotatable bonds is 6. The first-order valence-corrected chi connectivity index (χ1v) is 12.3. The molecule has 2 fully saturated rings. The van der Waals surface area contributed by atoms with Gasteiger partial charge in [-0.2, -0.15) is 4.98 Å². The van der Waals surface area contributed by atoms with Gasteiger partial charge in [-0.3, -0.25) is 14.3 Å². The van der Waals surface area contributed by atoms with Crippen molar-refractivity contribution in [3.05, 3.63) is 42.0 Å². The molecule has 4 heterocycles. The first-order chi connectivity index (χ1) is 17.4. The largest absolute Gasteiger partial charge is 0.468 e. The summed E-state index contributed by atoms with van der Waals surface area (Å²) in [5, 5.41) is 2.89. The third kappa shape index (κ3) is 4.59. The molecule has 0 unspecified atom stereocenters. The highest BCUT2D eigenvalue weighted by molar-refractivity contribution is 5.85. The summed E-state index contributed by atoms with van der Waals surface area (Å²) in [6.07, 6.45) is 5.10. The van der Waals surface area contributed by atoms with E-state index in [2.05, 4.69) is 25.2 Å². The smallest absolute Gasteiger partial charge is 0.297 e. The second kappa shape index (κ2) is 9.96. The molecule has 2 aromatic heterocycles. The van der Waals surface area contributed by atoms with Crippen LogP contribution >= 0.6 is 0 Å². The van der Waals surface area contributed by atoms with Crippen molar-refractivity contribution < 1.29 is 18.3 Å². The van der Waals surface area contributed by atoms with Crippen molar-refractivity contribution in [3.8, 4) is 6.01 Å². The lowest BCUT2D eigenvalue weighted by Gasteiger charge is -2.40. The van der Waals surface area contributed by atoms with Crippen LogP contribution in [0.4, 0.5) is 14.7 Å². The topological polar surface area (TPSA) is 88.4 Å². The average molecular weight is 500 g/mol. The van der Waals surface area contributed by atoms with Crippen LogP contribution in [0.5, 0.6) is 6.01 Å². The predicted molar refractivity (Wildman–Crippen MR) is 131 cm³/mol. The number of hydrogen-bond acceptors (Lipinski definition) is 7. The Morgan fingerprint density at radius 3 is 2.50 bits per heavy atom. The zero-order valence-corrected chi connectivity index (χ0v) is 20.6. The van der Waals surface area contributed by atoms with E-state index in [1.807, 2.05) is 10.6 Å². The number of ether oxygens (including phenoxy) is 1. The van der Waals surface area contributed by atoms with E-state index in [-0.39, 0.29) is 24.4 Å². The number of likely N-dealkylation sites (tertiary alicyclic amines) is 2. The summed E-state index contributed by atoms with van der Waals surface area (Å²) in [5.41, 5.74) is 0.0399. The maximum Gasteiger partial charge on any atom is 0.297 e. The van der Waals surface area contributed by atoms with Gasteiger partial charge in [0.15, 0.2) is 11.5 Å². The Hall–Kier alpha value is -3.34. The predicted octanol–water partition coefficient (Wildman–Crippen LogP) is 3.18. The Morgan fingerprint density at radius 2 is 1.86 bits per heavy atom. The van der Waals surface area contributed by atoms with E-state index in [0.717, 1.165) is 5.56 Å². The summed E-state index contributed by atoms with van der Waals surface area (Å²) in [7, 11) is 3.27. The molecule has 9 nitrogen and oxygen atoms in total. The first kappa shape index (κ1) is 24.4. The third-order valence-electron chi connectivity index (χ3n) is 7.30. The number of nitrogens with one attached hydrogen (secondary N) is 1. The van der Waals surface area contributed by atoms with Crippen LogP contribution in [-0.2, 0) is 11.3 Å². The van der Waals surface area contributed by atoms with Crippen LogP contribution in [0, 0.1) is 5.82 Å². The van der Waals surface area contributed by atoms with Gasteiger partial charge in [0, 0.05) is 76.6 Å². The fourth-order valence-corrected chi connectivity index (χ4v) is 5.27. The number of fused-ring (bicyclic) bond motifs is 1. The Bertz CT molecular complexity index is 1220. The molecular weight excluding hydrogens is 468 g/mol. The molecule has 192 valence electrons. The van der Waals surface area contributed by atoms with Crippen molar-refractivity contribution in [2.24, 2.45) is 0 Å². The van der Waals surface area contributed by atoms with Gasteiger partial charge in [-0.05, 0) is 25.0 Å². The van der Waals surface area contributed by atoms with E-state index in [9.17, 15) is 9.18 Å². The number of imidazole rings is 1. The van der Waals surface area contributed by atoms with Crippen LogP contribution in [0.2, 0.25) is 0 Å². The van der Waals surface area contributed by atoms with E-state index in [4.69, 9.17) is 4.74 Å². The molecule has 0 aliphatic carbocycles. The molecule has 2 aliphatic rings. The van der Waals surface area contributed by atoms with Crippen LogP contribution in [0.15, 0.2) is 30.6 Å². The Morgan fingerprint density at radius 1 is 1.17 bits per heavy atom. The first-order valence-electron chi connectivity index (χ1n) is 12.3. The minimum absolute atomic E-state index is 0.00951. The number of hydrogen-bond donors (Lipinski definition) is 1. The van der Waals surface area contributed by atoms with E-state index in [1.54, 1.807) is 30.4 Å². The summed E-state index contributed by atoms with van der Waals surface area (Å²) in [6, 6.07) is 5.18. The van der Waals surface area contributed by atoms with Crippen LogP contribution < -0.4 is 10.1 Å². The normalized spacial score (nSPS) is 18.9. The molecule has 1 N–H and O–H groups in total. The fraction of sp³-hybridized carbons (Fsp3) is 0.520. The van der Waals surface area contributed by atoms with Gasteiger partial charge in [0.1, 0.15) is 5.52 Å². The monoisotopic (exact) mass is 499 g/mol. The molecule has 2 aliphatic heterocycles. The van der Waals surface area contributed by atoms with Gasteiger partial charge in [0.05, 0.1) is 12.6 Å². The van der Waals surface area contributed by atoms with Gasteiger partial charge in [-0.25, -0.2) is 18.7 Å². The highest BCUT2D eigenvalue weighted by Crippen LogP contribution is 2.35. The highest BCUT2D eigenvalue weighted by Gasteiger charge is 2.45. The molecule has 0 atom stereocenters. The van der Waals surface area contributed by atoms with Crippen LogP contribution in [0.1, 0.15) is 37.3 Å². The molecule has 0 radical (unpaired) electrons. The lowest BCUT2D eigenvalue weighted by atomic mass is 9.90. The van der Waals surface area contributed by atoms with E-state index < -0.39 is 17.4 Å². The van der Waals surface area contributed by atoms with Crippen molar-refractivity contribution in [2.75, 3.05) is 45.7 Å². The van der Waals surface area contributed by atoms with Gasteiger partial charge >= 0.3 is 0 Å². The van der Waals surface area contributed by atoms with Gasteiger partial charge < -0.3 is 15.0 Å². The SMILES string of the molecule is CNc1ncc(CN2CCC(F)(C(=O)N3CCC(n4c(OC)nc5c(F)cccc54)CC3)CC2)cn1. The highest BCUT2D eigenvalue weighted by atomic mass is 19.1. The Kier molecular flexibility index (Phi) is 6.74. The molecule has 0 spiro atoms. The lowest BCUT2D eigenvalue weighted by Crippen LogP contribution is -2.53. The number of amides is 1. The van der Waals surface area contributed by atoms with Crippen LogP contribution in [0.25, 0.3) is 11.0 Å². The number of para-hydroxylation sites is 1. The number of alkyl halides is 1. The standard InChI is InChI=1S/C25H31F2N7O2/c1-28-23-29-14-17(15-30-23)16-32-12-8-25(27,9-13-32)22(35)33-10-6-18(7-11-33)34-20-5-3-4-19(26)21(20)31-24(34)36-2/h3-5,14-15,18H,6-13,16H2,1-2H3,(H,28,29,30). The minimum Gasteiger partial charge on any atom is -0.468 e. The second-order valence-corrected chi connectivity index (χ2v) is 9.51. The van der Waals surface area contributed by atoms with Crippen molar-refractivity contribution in [3.63, 3.8) is 0 Å². The molecule has 1 aromatic carbocycles. The molecule has 11 heteroatoms. The van der Waals surface area contributed by atoms with Crippen molar-refractivity contribution in [1.29, 1.82) is 0 Å². The molecule has 1 amide bonds. The minimum atomic E-state index is -1.85. The van der Waals surface area contributed by atoms with E-state index >= 15 is 4.39 Å². The number of halogens is 2. The maximum atomic E-state index is 15.8. The van der Waals surface area contributed by atoms with Crippen molar-refractivity contribution in [1.82, 2.24) is 29.3 Å². The van der Waals surface area contributed by atoms with Gasteiger partial charge in [-0.1, -0.05) is 6.07 Å². The van der Waals surface area contributed by atoms with Crippen LogP contribution in [0.3, 0.4) is 0 Å². The number of carbonyl (C=O) groups excluding carboxylic acids is 1. The quantitative estimate of drug-likeness (QED) is 0.557. The van der Waals surface area contributed by atoms with E-state index in [0.29, 0.717) is 63.0 Å². The third-order valence-corrected chi connectivity index (χ3v) is 7.30. The number of piperidine rings is 2. The summed E-state index contributed by atoms with van der Waals surface area (Å²) in [5.74, 6) is -0.262. The van der Waals surface area contributed by atoms with E-state index in [1.165, 1.54) is 13.2 Å².